The highest BCUT2D eigenvalue weighted by Crippen LogP contribution is 2.66. The minimum absolute atomic E-state index is 0.152. The summed E-state index contributed by atoms with van der Waals surface area (Å²) in [5.74, 6) is -0.611. The van der Waals surface area contributed by atoms with Gasteiger partial charge < -0.3 is 10.1 Å². The molecule has 0 bridgehead atoms. The number of benzene rings is 1. The molecular formula is C18H16Br2ClNO3S. The van der Waals surface area contributed by atoms with Gasteiger partial charge in [0.05, 0.1) is 15.3 Å². The number of halogens is 3. The van der Waals surface area contributed by atoms with Crippen LogP contribution in [0.15, 0.2) is 29.6 Å². The number of amides is 1. The molecule has 1 aliphatic rings. The highest BCUT2D eigenvalue weighted by molar-refractivity contribution is 9.25. The fraction of sp³-hybridized carbons (Fsp3) is 0.333. The lowest BCUT2D eigenvalue weighted by Gasteiger charge is -2.13. The summed E-state index contributed by atoms with van der Waals surface area (Å²) in [5, 5.41) is 5.85. The smallest absolute Gasteiger partial charge is 0.341 e. The lowest BCUT2D eigenvalue weighted by atomic mass is 10.0. The predicted octanol–water partition coefficient (Wildman–Crippen LogP) is 6.08. The molecule has 0 saturated heterocycles. The summed E-state index contributed by atoms with van der Waals surface area (Å²) in [6, 6.07) is 7.19. The van der Waals surface area contributed by atoms with Gasteiger partial charge in [-0.3, -0.25) is 4.79 Å². The van der Waals surface area contributed by atoms with E-state index in [0.29, 0.717) is 27.6 Å². The lowest BCUT2D eigenvalue weighted by molar-refractivity contribution is -0.120. The second-order valence-corrected chi connectivity index (χ2v) is 11.3. The zero-order chi connectivity index (χ0) is 19.1. The van der Waals surface area contributed by atoms with E-state index in [1.807, 2.05) is 24.4 Å². The first-order chi connectivity index (χ1) is 12.2. The SMILES string of the molecule is CCOC(=O)c1c(-c2ccc(Cl)cc2)csc1NC(=O)C1(C)CC1(Br)Br. The Morgan fingerprint density at radius 1 is 1.31 bits per heavy atom. The quantitative estimate of drug-likeness (QED) is 0.383. The standard InChI is InChI=1S/C18H16Br2ClNO3S/c1-3-25-15(23)13-12(10-4-6-11(21)7-5-10)8-26-14(13)22-16(24)17(2)9-18(17,19)20/h4-8H,3,9H2,1-2H3,(H,22,24). The van der Waals surface area contributed by atoms with Gasteiger partial charge in [0.2, 0.25) is 5.91 Å². The Hall–Kier alpha value is -0.890. The molecule has 0 aliphatic heterocycles. The molecule has 4 nitrogen and oxygen atoms in total. The van der Waals surface area contributed by atoms with Crippen LogP contribution in [-0.2, 0) is 9.53 Å². The molecule has 1 unspecified atom stereocenters. The van der Waals surface area contributed by atoms with E-state index in [9.17, 15) is 9.59 Å². The molecule has 1 fully saturated rings. The summed E-state index contributed by atoms with van der Waals surface area (Å²) < 4.78 is 4.80. The zero-order valence-electron chi connectivity index (χ0n) is 14.1. The van der Waals surface area contributed by atoms with Crippen LogP contribution in [-0.4, -0.2) is 21.7 Å². The predicted molar refractivity (Wildman–Crippen MR) is 113 cm³/mol. The van der Waals surface area contributed by atoms with Crippen LogP contribution in [0.3, 0.4) is 0 Å². The second kappa shape index (κ2) is 7.26. The Kier molecular flexibility index (Phi) is 5.55. The molecule has 26 heavy (non-hydrogen) atoms. The minimum Gasteiger partial charge on any atom is -0.462 e. The van der Waals surface area contributed by atoms with E-state index in [2.05, 4.69) is 37.2 Å². The van der Waals surface area contributed by atoms with Gasteiger partial charge in [-0.1, -0.05) is 55.6 Å². The molecule has 8 heteroatoms. The molecule has 1 atom stereocenters. The molecule has 2 aromatic rings. The summed E-state index contributed by atoms with van der Waals surface area (Å²) >= 11 is 14.3. The monoisotopic (exact) mass is 519 g/mol. The Balaban J connectivity index is 1.96. The van der Waals surface area contributed by atoms with Crippen LogP contribution in [0.2, 0.25) is 5.02 Å². The van der Waals surface area contributed by atoms with Crippen LogP contribution >= 0.6 is 54.8 Å². The van der Waals surface area contributed by atoms with Crippen molar-refractivity contribution in [3.63, 3.8) is 0 Å². The maximum Gasteiger partial charge on any atom is 0.341 e. The third-order valence-corrected chi connectivity index (χ3v) is 7.87. The van der Waals surface area contributed by atoms with Crippen molar-refractivity contribution >= 4 is 71.7 Å². The van der Waals surface area contributed by atoms with Crippen LogP contribution in [0.25, 0.3) is 11.1 Å². The van der Waals surface area contributed by atoms with Gasteiger partial charge in [0, 0.05) is 16.0 Å². The Morgan fingerprint density at radius 2 is 1.92 bits per heavy atom. The average Bonchev–Trinajstić information content (AvgIpc) is 2.92. The van der Waals surface area contributed by atoms with Gasteiger partial charge in [-0.15, -0.1) is 11.3 Å². The first kappa shape index (κ1) is 19.9. The summed E-state index contributed by atoms with van der Waals surface area (Å²) in [6.07, 6.45) is 0.663. The summed E-state index contributed by atoms with van der Waals surface area (Å²) in [4.78, 5) is 25.3. The van der Waals surface area contributed by atoms with Crippen LogP contribution in [0.5, 0.6) is 0 Å². The molecule has 1 saturated carbocycles. The fourth-order valence-corrected chi connectivity index (χ4v) is 5.14. The second-order valence-electron chi connectivity index (χ2n) is 6.25. The number of thiophene rings is 1. The highest BCUT2D eigenvalue weighted by atomic mass is 79.9. The van der Waals surface area contributed by atoms with E-state index < -0.39 is 14.6 Å². The molecule has 3 rings (SSSR count). The van der Waals surface area contributed by atoms with Gasteiger partial charge in [0.15, 0.2) is 0 Å². The number of carbonyl (C=O) groups is 2. The molecule has 1 aliphatic carbocycles. The lowest BCUT2D eigenvalue weighted by Crippen LogP contribution is -2.26. The molecule has 1 N–H and O–H groups in total. The number of hydrogen-bond donors (Lipinski definition) is 1. The summed E-state index contributed by atoms with van der Waals surface area (Å²) in [7, 11) is 0. The van der Waals surface area contributed by atoms with E-state index in [1.54, 1.807) is 19.1 Å². The van der Waals surface area contributed by atoms with E-state index >= 15 is 0 Å². The van der Waals surface area contributed by atoms with Crippen LogP contribution in [0, 0.1) is 5.41 Å². The maximum atomic E-state index is 12.7. The van der Waals surface area contributed by atoms with Gasteiger partial charge in [0.25, 0.3) is 0 Å². The molecule has 0 radical (unpaired) electrons. The summed E-state index contributed by atoms with van der Waals surface area (Å²) in [6.45, 7) is 3.87. The van der Waals surface area contributed by atoms with Crippen LogP contribution in [0.1, 0.15) is 30.6 Å². The van der Waals surface area contributed by atoms with Crippen molar-refractivity contribution in [2.75, 3.05) is 11.9 Å². The van der Waals surface area contributed by atoms with E-state index in [-0.39, 0.29) is 12.5 Å². The van der Waals surface area contributed by atoms with E-state index in [0.717, 1.165) is 5.56 Å². The number of alkyl halides is 2. The molecule has 138 valence electrons. The number of ether oxygens (including phenoxy) is 1. The summed E-state index contributed by atoms with van der Waals surface area (Å²) in [5.41, 5.74) is 1.34. The van der Waals surface area contributed by atoms with Gasteiger partial charge in [-0.2, -0.15) is 0 Å². The number of hydrogen-bond acceptors (Lipinski definition) is 4. The zero-order valence-corrected chi connectivity index (χ0v) is 18.8. The van der Waals surface area contributed by atoms with Crippen molar-refractivity contribution in [3.05, 3.63) is 40.2 Å². The fourth-order valence-electron chi connectivity index (χ4n) is 2.59. The molecule has 1 aromatic heterocycles. The number of carbonyl (C=O) groups excluding carboxylic acids is 2. The normalized spacial score (nSPS) is 20.5. The van der Waals surface area contributed by atoms with E-state index in [1.165, 1.54) is 11.3 Å². The molecule has 1 heterocycles. The largest absolute Gasteiger partial charge is 0.462 e. The van der Waals surface area contributed by atoms with Gasteiger partial charge in [-0.25, -0.2) is 4.79 Å². The Bertz CT molecular complexity index is 866. The third-order valence-electron chi connectivity index (χ3n) is 4.41. The Morgan fingerprint density at radius 3 is 2.46 bits per heavy atom. The Labute approximate surface area is 177 Å². The molecule has 0 spiro atoms. The van der Waals surface area contributed by atoms with Crippen molar-refractivity contribution in [2.24, 2.45) is 5.41 Å². The minimum atomic E-state index is -0.580. The third kappa shape index (κ3) is 3.59. The highest BCUT2D eigenvalue weighted by Gasteiger charge is 2.66. The number of rotatable bonds is 5. The van der Waals surface area contributed by atoms with Crippen molar-refractivity contribution in [1.29, 1.82) is 0 Å². The number of nitrogens with one attached hydrogen (secondary N) is 1. The number of esters is 1. The molecule has 1 amide bonds. The van der Waals surface area contributed by atoms with Crippen molar-refractivity contribution in [3.8, 4) is 11.1 Å². The van der Waals surface area contributed by atoms with Crippen molar-refractivity contribution in [1.82, 2.24) is 0 Å². The van der Waals surface area contributed by atoms with Crippen LogP contribution in [0.4, 0.5) is 5.00 Å². The van der Waals surface area contributed by atoms with Gasteiger partial charge in [-0.05, 0) is 38.0 Å². The topological polar surface area (TPSA) is 55.4 Å². The van der Waals surface area contributed by atoms with Crippen molar-refractivity contribution in [2.45, 2.75) is 23.5 Å². The molecular weight excluding hydrogens is 506 g/mol. The number of anilines is 1. The van der Waals surface area contributed by atoms with Crippen molar-refractivity contribution < 1.29 is 14.3 Å². The van der Waals surface area contributed by atoms with Crippen LogP contribution < -0.4 is 5.32 Å². The average molecular weight is 522 g/mol. The first-order valence-electron chi connectivity index (χ1n) is 7.93. The first-order valence-corrected chi connectivity index (χ1v) is 10.8. The van der Waals surface area contributed by atoms with Gasteiger partial charge in [0.1, 0.15) is 10.6 Å². The van der Waals surface area contributed by atoms with E-state index in [4.69, 9.17) is 16.3 Å². The van der Waals surface area contributed by atoms with Gasteiger partial charge >= 0.3 is 5.97 Å². The maximum absolute atomic E-state index is 12.7. The molecule has 1 aromatic carbocycles.